The second-order valence-electron chi connectivity index (χ2n) is 3.50. The summed E-state index contributed by atoms with van der Waals surface area (Å²) in [5, 5.41) is 10.3. The highest BCUT2D eigenvalue weighted by molar-refractivity contribution is 9.09. The van der Waals surface area contributed by atoms with E-state index in [9.17, 15) is 4.79 Å². The van der Waals surface area contributed by atoms with Crippen LogP contribution in [0.5, 0.6) is 0 Å². The standard InChI is InChI=1S/C8H7BrN6O/c9-4-1-5(16)15(2-4)8-6-7(10-3-11-8)13-14-12-6/h3-4H,1-2H2,(H,10,11,12,13,14). The number of aromatic nitrogens is 5. The third kappa shape index (κ3) is 1.37. The number of hydrogen-bond acceptors (Lipinski definition) is 5. The Morgan fingerprint density at radius 3 is 3.06 bits per heavy atom. The Labute approximate surface area is 98.4 Å². The lowest BCUT2D eigenvalue weighted by Gasteiger charge is -2.13. The molecule has 1 unspecified atom stereocenters. The Kier molecular flexibility index (Phi) is 2.10. The van der Waals surface area contributed by atoms with Gasteiger partial charge in [0.2, 0.25) is 11.6 Å². The fourth-order valence-corrected chi connectivity index (χ4v) is 2.30. The van der Waals surface area contributed by atoms with Crippen molar-refractivity contribution in [3.63, 3.8) is 0 Å². The number of carbonyl (C=O) groups is 1. The number of halogens is 1. The van der Waals surface area contributed by atoms with Gasteiger partial charge in [-0.1, -0.05) is 15.9 Å². The van der Waals surface area contributed by atoms with Crippen molar-refractivity contribution in [2.75, 3.05) is 11.4 Å². The van der Waals surface area contributed by atoms with Crippen molar-refractivity contribution in [2.24, 2.45) is 0 Å². The topological polar surface area (TPSA) is 87.7 Å². The van der Waals surface area contributed by atoms with E-state index >= 15 is 0 Å². The van der Waals surface area contributed by atoms with Gasteiger partial charge in [0.25, 0.3) is 0 Å². The minimum atomic E-state index is 0.0323. The average molecular weight is 283 g/mol. The normalized spacial score (nSPS) is 20.9. The summed E-state index contributed by atoms with van der Waals surface area (Å²) >= 11 is 3.42. The van der Waals surface area contributed by atoms with Crippen molar-refractivity contribution in [3.8, 4) is 0 Å². The fraction of sp³-hybridized carbons (Fsp3) is 0.375. The molecule has 3 heterocycles. The molecule has 0 aliphatic carbocycles. The Balaban J connectivity index is 2.12. The Hall–Kier alpha value is -1.57. The number of rotatable bonds is 1. The zero-order valence-electron chi connectivity index (χ0n) is 8.09. The minimum absolute atomic E-state index is 0.0323. The molecule has 3 rings (SSSR count). The molecule has 0 saturated carbocycles. The van der Waals surface area contributed by atoms with Gasteiger partial charge in [0, 0.05) is 17.8 Å². The van der Waals surface area contributed by atoms with Crippen molar-refractivity contribution < 1.29 is 4.79 Å². The summed E-state index contributed by atoms with van der Waals surface area (Å²) in [5.41, 5.74) is 0.994. The molecule has 1 amide bonds. The van der Waals surface area contributed by atoms with Crippen LogP contribution in [0.15, 0.2) is 6.33 Å². The lowest BCUT2D eigenvalue weighted by molar-refractivity contribution is -0.117. The number of aromatic amines is 1. The van der Waals surface area contributed by atoms with Crippen molar-refractivity contribution >= 4 is 38.8 Å². The van der Waals surface area contributed by atoms with Crippen molar-refractivity contribution in [1.29, 1.82) is 0 Å². The lowest BCUT2D eigenvalue weighted by Crippen LogP contribution is -2.26. The second-order valence-corrected chi connectivity index (χ2v) is 4.79. The molecule has 1 atom stereocenters. The number of anilines is 1. The molecule has 1 fully saturated rings. The van der Waals surface area contributed by atoms with E-state index < -0.39 is 0 Å². The molecular formula is C8H7BrN6O. The summed E-state index contributed by atoms with van der Waals surface area (Å²) in [6.07, 6.45) is 1.86. The van der Waals surface area contributed by atoms with Crippen LogP contribution in [-0.4, -0.2) is 42.7 Å². The molecule has 0 spiro atoms. The van der Waals surface area contributed by atoms with Crippen LogP contribution in [0.2, 0.25) is 0 Å². The zero-order chi connectivity index (χ0) is 11.1. The molecule has 1 aliphatic rings. The van der Waals surface area contributed by atoms with Crippen LogP contribution in [0, 0.1) is 0 Å². The quantitative estimate of drug-likeness (QED) is 0.758. The van der Waals surface area contributed by atoms with Crippen molar-refractivity contribution in [2.45, 2.75) is 11.2 Å². The second kappa shape index (κ2) is 3.48. The molecule has 7 nitrogen and oxygen atoms in total. The monoisotopic (exact) mass is 282 g/mol. The van der Waals surface area contributed by atoms with E-state index in [1.165, 1.54) is 6.33 Å². The van der Waals surface area contributed by atoms with E-state index in [4.69, 9.17) is 0 Å². The predicted molar refractivity (Wildman–Crippen MR) is 59.2 cm³/mol. The summed E-state index contributed by atoms with van der Waals surface area (Å²) in [6, 6.07) is 0. The van der Waals surface area contributed by atoms with Gasteiger partial charge in [-0.25, -0.2) is 9.97 Å². The smallest absolute Gasteiger partial charge is 0.229 e. The first-order valence-electron chi connectivity index (χ1n) is 4.71. The van der Waals surface area contributed by atoms with E-state index in [2.05, 4.69) is 41.3 Å². The van der Waals surface area contributed by atoms with Crippen LogP contribution in [0.1, 0.15) is 6.42 Å². The van der Waals surface area contributed by atoms with E-state index in [0.29, 0.717) is 29.9 Å². The Morgan fingerprint density at radius 1 is 1.44 bits per heavy atom. The molecule has 0 aromatic carbocycles. The minimum Gasteiger partial charge on any atom is -0.294 e. The summed E-state index contributed by atoms with van der Waals surface area (Å²) in [6.45, 7) is 0.595. The number of nitrogens with zero attached hydrogens (tertiary/aromatic N) is 5. The van der Waals surface area contributed by atoms with Crippen molar-refractivity contribution in [1.82, 2.24) is 25.4 Å². The molecular weight excluding hydrogens is 276 g/mol. The summed E-state index contributed by atoms with van der Waals surface area (Å²) in [4.78, 5) is 21.5. The number of nitrogens with one attached hydrogen (secondary N) is 1. The van der Waals surface area contributed by atoms with Crippen LogP contribution in [0.25, 0.3) is 11.2 Å². The highest BCUT2D eigenvalue weighted by Crippen LogP contribution is 2.26. The number of carbonyl (C=O) groups excluding carboxylic acids is 1. The number of hydrogen-bond donors (Lipinski definition) is 1. The highest BCUT2D eigenvalue weighted by Gasteiger charge is 2.31. The van der Waals surface area contributed by atoms with Crippen LogP contribution in [-0.2, 0) is 4.79 Å². The maximum atomic E-state index is 11.7. The van der Waals surface area contributed by atoms with Gasteiger partial charge >= 0.3 is 0 Å². The van der Waals surface area contributed by atoms with E-state index in [-0.39, 0.29) is 10.7 Å². The molecule has 0 radical (unpaired) electrons. The van der Waals surface area contributed by atoms with Gasteiger partial charge in [0.05, 0.1) is 0 Å². The zero-order valence-corrected chi connectivity index (χ0v) is 9.68. The van der Waals surface area contributed by atoms with Crippen LogP contribution < -0.4 is 4.90 Å². The molecule has 0 bridgehead atoms. The largest absolute Gasteiger partial charge is 0.294 e. The Bertz CT molecular complexity index is 554. The maximum absolute atomic E-state index is 11.7. The molecule has 2 aromatic rings. The van der Waals surface area contributed by atoms with Crippen LogP contribution in [0.3, 0.4) is 0 Å². The summed E-state index contributed by atoms with van der Waals surface area (Å²) in [7, 11) is 0. The molecule has 2 aromatic heterocycles. The highest BCUT2D eigenvalue weighted by atomic mass is 79.9. The van der Waals surface area contributed by atoms with Gasteiger partial charge in [-0.05, 0) is 0 Å². The van der Waals surface area contributed by atoms with Gasteiger partial charge in [0.15, 0.2) is 11.3 Å². The molecule has 8 heteroatoms. The molecule has 16 heavy (non-hydrogen) atoms. The first-order chi connectivity index (χ1) is 7.75. The van der Waals surface area contributed by atoms with E-state index in [1.807, 2.05) is 0 Å². The average Bonchev–Trinajstić information content (AvgIpc) is 2.84. The molecule has 1 N–H and O–H groups in total. The van der Waals surface area contributed by atoms with E-state index in [0.717, 1.165) is 0 Å². The molecule has 82 valence electrons. The number of fused-ring (bicyclic) bond motifs is 1. The van der Waals surface area contributed by atoms with Crippen molar-refractivity contribution in [3.05, 3.63) is 6.33 Å². The van der Waals surface area contributed by atoms with Crippen LogP contribution in [0.4, 0.5) is 5.82 Å². The fourth-order valence-electron chi connectivity index (χ4n) is 1.73. The van der Waals surface area contributed by atoms with Gasteiger partial charge in [-0.2, -0.15) is 10.3 Å². The first kappa shape index (κ1) is 9.64. The summed E-state index contributed by atoms with van der Waals surface area (Å²) in [5.74, 6) is 0.551. The van der Waals surface area contributed by atoms with Crippen LogP contribution >= 0.6 is 15.9 Å². The van der Waals surface area contributed by atoms with Gasteiger partial charge < -0.3 is 0 Å². The Morgan fingerprint density at radius 2 is 2.31 bits per heavy atom. The number of H-pyrrole nitrogens is 1. The third-order valence-electron chi connectivity index (χ3n) is 2.43. The summed E-state index contributed by atoms with van der Waals surface area (Å²) < 4.78 is 0. The molecule has 1 saturated heterocycles. The van der Waals surface area contributed by atoms with Gasteiger partial charge in [-0.3, -0.25) is 9.69 Å². The third-order valence-corrected chi connectivity index (χ3v) is 3.05. The SMILES string of the molecule is O=C1CC(Br)CN1c1ncnc2n[nH]nc12. The predicted octanol–water partition coefficient (Wildman–Crippen LogP) is 0.248. The first-order valence-corrected chi connectivity index (χ1v) is 5.63. The number of alkyl halides is 1. The molecule has 1 aliphatic heterocycles. The maximum Gasteiger partial charge on any atom is 0.229 e. The number of amides is 1. The van der Waals surface area contributed by atoms with Gasteiger partial charge in [-0.15, -0.1) is 5.10 Å². The lowest BCUT2D eigenvalue weighted by atomic mass is 10.4. The van der Waals surface area contributed by atoms with E-state index in [1.54, 1.807) is 4.90 Å². The van der Waals surface area contributed by atoms with Gasteiger partial charge in [0.1, 0.15) is 6.33 Å².